The van der Waals surface area contributed by atoms with Crippen LogP contribution in [0.25, 0.3) is 22.3 Å². The van der Waals surface area contributed by atoms with Crippen molar-refractivity contribution in [3.63, 3.8) is 0 Å². The smallest absolute Gasteiger partial charge is 0.355 e. The van der Waals surface area contributed by atoms with Gasteiger partial charge in [-0.15, -0.1) is 0 Å². The van der Waals surface area contributed by atoms with E-state index in [1.165, 1.54) is 7.11 Å². The number of esters is 1. The summed E-state index contributed by atoms with van der Waals surface area (Å²) in [5, 5.41) is 0. The molecule has 0 unspecified atom stereocenters. The van der Waals surface area contributed by atoms with Crippen LogP contribution in [-0.4, -0.2) is 60.3 Å². The molecule has 4 aromatic rings. The summed E-state index contributed by atoms with van der Waals surface area (Å²) >= 11 is 0. The lowest BCUT2D eigenvalue weighted by Crippen LogP contribution is -2.12. The van der Waals surface area contributed by atoms with Gasteiger partial charge in [-0.1, -0.05) is 18.2 Å². The molecular formula is C32H35NO8. The van der Waals surface area contributed by atoms with E-state index >= 15 is 0 Å². The SMILES string of the molecule is COC(=O)c1c(-c2ccc(OC)c(OC)c2)c(-c2ccc(OC)c(OC)c2)cn1CCc1ccc(OC)c(OC)c1. The Bertz CT molecular complexity index is 1520. The third-order valence-electron chi connectivity index (χ3n) is 6.91. The number of rotatable bonds is 12. The largest absolute Gasteiger partial charge is 0.493 e. The average Bonchev–Trinajstić information content (AvgIpc) is 3.41. The molecule has 4 rings (SSSR count). The molecule has 0 aliphatic heterocycles. The first-order chi connectivity index (χ1) is 19.9. The van der Waals surface area contributed by atoms with Crippen LogP contribution in [0.2, 0.25) is 0 Å². The van der Waals surface area contributed by atoms with Crippen molar-refractivity contribution >= 4 is 5.97 Å². The van der Waals surface area contributed by atoms with Crippen molar-refractivity contribution in [3.05, 3.63) is 72.1 Å². The van der Waals surface area contributed by atoms with Gasteiger partial charge in [-0.25, -0.2) is 4.79 Å². The molecule has 0 atom stereocenters. The number of aryl methyl sites for hydroxylation is 2. The van der Waals surface area contributed by atoms with Gasteiger partial charge in [-0.05, 0) is 59.5 Å². The van der Waals surface area contributed by atoms with Gasteiger partial charge in [0.05, 0.1) is 49.8 Å². The molecule has 0 bridgehead atoms. The molecule has 1 heterocycles. The average molecular weight is 562 g/mol. The second-order valence-electron chi connectivity index (χ2n) is 9.03. The summed E-state index contributed by atoms with van der Waals surface area (Å²) < 4.78 is 40.1. The molecule has 0 fully saturated rings. The summed E-state index contributed by atoms with van der Waals surface area (Å²) in [4.78, 5) is 13.4. The van der Waals surface area contributed by atoms with Crippen molar-refractivity contribution < 1.29 is 38.0 Å². The van der Waals surface area contributed by atoms with E-state index < -0.39 is 5.97 Å². The van der Waals surface area contributed by atoms with E-state index in [1.54, 1.807) is 42.7 Å². The maximum absolute atomic E-state index is 13.4. The van der Waals surface area contributed by atoms with Crippen LogP contribution in [0, 0.1) is 0 Å². The molecule has 0 aliphatic rings. The van der Waals surface area contributed by atoms with E-state index in [9.17, 15) is 4.79 Å². The van der Waals surface area contributed by atoms with Crippen molar-refractivity contribution in [3.8, 4) is 56.8 Å². The summed E-state index contributed by atoms with van der Waals surface area (Å²) in [6, 6.07) is 17.0. The van der Waals surface area contributed by atoms with Crippen LogP contribution in [0.1, 0.15) is 16.1 Å². The van der Waals surface area contributed by atoms with Crippen molar-refractivity contribution in [2.45, 2.75) is 13.0 Å². The first kappa shape index (κ1) is 29.2. The molecule has 0 aliphatic carbocycles. The predicted octanol–water partition coefficient (Wildman–Crippen LogP) is 5.90. The van der Waals surface area contributed by atoms with Crippen LogP contribution in [0.3, 0.4) is 0 Å². The molecule has 0 saturated heterocycles. The Balaban J connectivity index is 1.91. The Morgan fingerprint density at radius 1 is 0.610 bits per heavy atom. The van der Waals surface area contributed by atoms with E-state index in [1.807, 2.05) is 65.4 Å². The molecule has 9 nitrogen and oxygen atoms in total. The highest BCUT2D eigenvalue weighted by Gasteiger charge is 2.26. The Kier molecular flexibility index (Phi) is 9.29. The molecular weight excluding hydrogens is 526 g/mol. The van der Waals surface area contributed by atoms with Crippen molar-refractivity contribution in [2.75, 3.05) is 49.8 Å². The Labute approximate surface area is 240 Å². The number of carbonyl (C=O) groups excluding carboxylic acids is 1. The Hall–Kier alpha value is -4.79. The zero-order chi connectivity index (χ0) is 29.5. The summed E-state index contributed by atoms with van der Waals surface area (Å²) in [6.45, 7) is 0.494. The van der Waals surface area contributed by atoms with Gasteiger partial charge in [-0.3, -0.25) is 0 Å². The van der Waals surface area contributed by atoms with Gasteiger partial charge in [-0.2, -0.15) is 0 Å². The highest BCUT2D eigenvalue weighted by atomic mass is 16.5. The lowest BCUT2D eigenvalue weighted by atomic mass is 9.96. The second-order valence-corrected chi connectivity index (χ2v) is 9.03. The van der Waals surface area contributed by atoms with Gasteiger partial charge < -0.3 is 37.7 Å². The molecule has 0 saturated carbocycles. The molecule has 0 spiro atoms. The van der Waals surface area contributed by atoms with Gasteiger partial charge in [0, 0.05) is 23.9 Å². The molecule has 1 aromatic heterocycles. The minimum atomic E-state index is -0.464. The second kappa shape index (κ2) is 13.0. The molecule has 41 heavy (non-hydrogen) atoms. The zero-order valence-corrected chi connectivity index (χ0v) is 24.4. The van der Waals surface area contributed by atoms with Crippen LogP contribution in [0.5, 0.6) is 34.5 Å². The predicted molar refractivity (Wildman–Crippen MR) is 156 cm³/mol. The number of aromatic nitrogens is 1. The van der Waals surface area contributed by atoms with E-state index in [4.69, 9.17) is 33.2 Å². The lowest BCUT2D eigenvalue weighted by molar-refractivity contribution is 0.0589. The number of nitrogens with zero attached hydrogens (tertiary/aromatic N) is 1. The van der Waals surface area contributed by atoms with Crippen LogP contribution in [0.15, 0.2) is 60.8 Å². The summed E-state index contributed by atoms with van der Waals surface area (Å²) in [5.41, 5.74) is 4.53. The van der Waals surface area contributed by atoms with Gasteiger partial charge in [0.2, 0.25) is 0 Å². The van der Waals surface area contributed by atoms with Gasteiger partial charge in [0.25, 0.3) is 0 Å². The van der Waals surface area contributed by atoms with Crippen LogP contribution in [-0.2, 0) is 17.7 Å². The third-order valence-corrected chi connectivity index (χ3v) is 6.91. The molecule has 3 aromatic carbocycles. The molecule has 9 heteroatoms. The van der Waals surface area contributed by atoms with Gasteiger partial charge >= 0.3 is 5.97 Å². The summed E-state index contributed by atoms with van der Waals surface area (Å²) in [5.74, 6) is 3.12. The third kappa shape index (κ3) is 5.89. The van der Waals surface area contributed by atoms with Crippen LogP contribution >= 0.6 is 0 Å². The summed E-state index contributed by atoms with van der Waals surface area (Å²) in [6.07, 6.45) is 2.58. The fourth-order valence-corrected chi connectivity index (χ4v) is 4.84. The van der Waals surface area contributed by atoms with Crippen LogP contribution in [0.4, 0.5) is 0 Å². The monoisotopic (exact) mass is 561 g/mol. The quantitative estimate of drug-likeness (QED) is 0.198. The molecule has 0 N–H and O–H groups in total. The Morgan fingerprint density at radius 2 is 1.10 bits per heavy atom. The first-order valence-electron chi connectivity index (χ1n) is 12.9. The minimum Gasteiger partial charge on any atom is -0.493 e. The topological polar surface area (TPSA) is 86.6 Å². The molecule has 216 valence electrons. The zero-order valence-electron chi connectivity index (χ0n) is 24.4. The fraction of sp³-hybridized carbons (Fsp3) is 0.281. The number of hydrogen-bond donors (Lipinski definition) is 0. The molecule has 0 amide bonds. The normalized spacial score (nSPS) is 10.6. The maximum Gasteiger partial charge on any atom is 0.355 e. The number of methoxy groups -OCH3 is 7. The molecule has 0 radical (unpaired) electrons. The lowest BCUT2D eigenvalue weighted by Gasteiger charge is -2.14. The number of ether oxygens (including phenoxy) is 7. The maximum atomic E-state index is 13.4. The minimum absolute atomic E-state index is 0.407. The van der Waals surface area contributed by atoms with Crippen LogP contribution < -0.4 is 28.4 Å². The Morgan fingerprint density at radius 3 is 1.63 bits per heavy atom. The number of hydrogen-bond acceptors (Lipinski definition) is 8. The highest BCUT2D eigenvalue weighted by molar-refractivity contribution is 6.02. The summed E-state index contributed by atoms with van der Waals surface area (Å²) in [7, 11) is 10.9. The van der Waals surface area contributed by atoms with E-state index in [0.29, 0.717) is 58.7 Å². The van der Waals surface area contributed by atoms with E-state index in [2.05, 4.69) is 0 Å². The highest BCUT2D eigenvalue weighted by Crippen LogP contribution is 2.43. The number of carbonyl (C=O) groups is 1. The van der Waals surface area contributed by atoms with Crippen molar-refractivity contribution in [2.24, 2.45) is 0 Å². The first-order valence-corrected chi connectivity index (χ1v) is 12.9. The fourth-order valence-electron chi connectivity index (χ4n) is 4.84. The van der Waals surface area contributed by atoms with Gasteiger partial charge in [0.1, 0.15) is 5.69 Å². The number of benzene rings is 3. The van der Waals surface area contributed by atoms with Crippen molar-refractivity contribution in [1.29, 1.82) is 0 Å². The van der Waals surface area contributed by atoms with E-state index in [0.717, 1.165) is 22.3 Å². The van der Waals surface area contributed by atoms with Gasteiger partial charge in [0.15, 0.2) is 34.5 Å². The van der Waals surface area contributed by atoms with Crippen molar-refractivity contribution in [1.82, 2.24) is 4.57 Å². The van der Waals surface area contributed by atoms with E-state index in [-0.39, 0.29) is 0 Å². The standard InChI is InChI=1S/C32H35NO8/c1-35-24-11-8-20(16-27(24)38-4)14-15-33-19-23(21-9-12-25(36-2)28(17-21)39-5)30(31(33)32(34)41-7)22-10-13-26(37-3)29(18-22)40-6/h8-13,16-19H,14-15H2,1-7H3.